The summed E-state index contributed by atoms with van der Waals surface area (Å²) in [6.07, 6.45) is 2.32. The minimum Gasteiger partial charge on any atom is -0.325 e. The summed E-state index contributed by atoms with van der Waals surface area (Å²) in [5, 5.41) is 3.26. The van der Waals surface area contributed by atoms with Crippen LogP contribution in [0.3, 0.4) is 0 Å². The Morgan fingerprint density at radius 1 is 1.35 bits per heavy atom. The number of anilines is 1. The van der Waals surface area contributed by atoms with Gasteiger partial charge in [-0.15, -0.1) is 0 Å². The number of rotatable bonds is 2. The maximum atomic E-state index is 5.47. The molecule has 0 bridgehead atoms. The van der Waals surface area contributed by atoms with Crippen molar-refractivity contribution in [1.82, 2.24) is 5.43 Å². The molecule has 1 saturated carbocycles. The normalized spacial score (nSPS) is 15.9. The van der Waals surface area contributed by atoms with E-state index in [0.29, 0.717) is 12.0 Å². The van der Waals surface area contributed by atoms with Gasteiger partial charge < -0.3 is 5.32 Å². The molecule has 1 aromatic rings. The van der Waals surface area contributed by atoms with Gasteiger partial charge in [-0.25, -0.2) is 10.8 Å². The molecule has 1 aromatic carbocycles. The summed E-state index contributed by atoms with van der Waals surface area (Å²) in [6.45, 7) is 4.12. The highest BCUT2D eigenvalue weighted by atomic mass is 79.9. The fraction of sp³-hybridized carbons (Fsp3) is 0.417. The SMILES string of the molecule is Cc1cc(Br)cc(C)c1NC(=NC1CC1)NN. The lowest BCUT2D eigenvalue weighted by atomic mass is 10.1. The molecule has 4 N–H and O–H groups in total. The first-order valence-electron chi connectivity index (χ1n) is 5.68. The van der Waals surface area contributed by atoms with E-state index in [0.717, 1.165) is 34.1 Å². The third-order valence-electron chi connectivity index (χ3n) is 2.74. The number of benzene rings is 1. The maximum Gasteiger partial charge on any atom is 0.210 e. The van der Waals surface area contributed by atoms with Gasteiger partial charge in [-0.05, 0) is 49.9 Å². The van der Waals surface area contributed by atoms with Gasteiger partial charge in [0, 0.05) is 10.2 Å². The number of nitrogens with two attached hydrogens (primary N) is 1. The van der Waals surface area contributed by atoms with Crippen LogP contribution in [0.4, 0.5) is 5.69 Å². The van der Waals surface area contributed by atoms with Crippen molar-refractivity contribution in [2.24, 2.45) is 10.8 Å². The molecule has 0 amide bonds. The lowest BCUT2D eigenvalue weighted by Crippen LogP contribution is -2.37. The highest BCUT2D eigenvalue weighted by Gasteiger charge is 2.21. The van der Waals surface area contributed by atoms with E-state index in [1.54, 1.807) is 0 Å². The molecule has 2 rings (SSSR count). The first-order chi connectivity index (χ1) is 8.10. The summed E-state index contributed by atoms with van der Waals surface area (Å²) in [7, 11) is 0. The molecule has 4 nitrogen and oxygen atoms in total. The predicted molar refractivity (Wildman–Crippen MR) is 75.0 cm³/mol. The quantitative estimate of drug-likeness (QED) is 0.340. The number of hydrazine groups is 1. The molecule has 0 saturated heterocycles. The Morgan fingerprint density at radius 2 is 1.94 bits per heavy atom. The number of halogens is 1. The summed E-state index contributed by atoms with van der Waals surface area (Å²) in [5.41, 5.74) is 6.00. The number of hydrogen-bond donors (Lipinski definition) is 3. The van der Waals surface area contributed by atoms with Crippen LogP contribution in [0, 0.1) is 13.8 Å². The van der Waals surface area contributed by atoms with Crippen LogP contribution in [-0.4, -0.2) is 12.0 Å². The Morgan fingerprint density at radius 3 is 2.41 bits per heavy atom. The lowest BCUT2D eigenvalue weighted by molar-refractivity contribution is 0.965. The molecular formula is C12H17BrN4. The number of aliphatic imine (C=N–C) groups is 1. The van der Waals surface area contributed by atoms with Gasteiger partial charge >= 0.3 is 0 Å². The number of guanidine groups is 1. The van der Waals surface area contributed by atoms with E-state index in [2.05, 4.69) is 57.6 Å². The summed E-state index contributed by atoms with van der Waals surface area (Å²) in [5.74, 6) is 6.11. The number of nitrogens with zero attached hydrogens (tertiary/aromatic N) is 1. The smallest absolute Gasteiger partial charge is 0.210 e. The summed E-state index contributed by atoms with van der Waals surface area (Å²) in [6, 6.07) is 4.57. The van der Waals surface area contributed by atoms with Crippen molar-refractivity contribution in [2.75, 3.05) is 5.32 Å². The minimum absolute atomic E-state index is 0.435. The number of nitrogens with one attached hydrogen (secondary N) is 2. The summed E-state index contributed by atoms with van der Waals surface area (Å²) < 4.78 is 1.08. The van der Waals surface area contributed by atoms with Crippen LogP contribution >= 0.6 is 15.9 Å². The average Bonchev–Trinajstić information content (AvgIpc) is 3.05. The van der Waals surface area contributed by atoms with Gasteiger partial charge in [0.15, 0.2) is 0 Å². The van der Waals surface area contributed by atoms with Gasteiger partial charge in [0.05, 0.1) is 6.04 Å². The zero-order valence-corrected chi connectivity index (χ0v) is 11.6. The van der Waals surface area contributed by atoms with Crippen molar-refractivity contribution in [3.63, 3.8) is 0 Å². The van der Waals surface area contributed by atoms with Crippen molar-refractivity contribution < 1.29 is 0 Å². The van der Waals surface area contributed by atoms with Crippen molar-refractivity contribution in [3.05, 3.63) is 27.7 Å². The first-order valence-corrected chi connectivity index (χ1v) is 6.47. The van der Waals surface area contributed by atoms with Gasteiger partial charge in [0.2, 0.25) is 5.96 Å². The summed E-state index contributed by atoms with van der Waals surface area (Å²) in [4.78, 5) is 4.46. The second kappa shape index (κ2) is 5.06. The highest BCUT2D eigenvalue weighted by Crippen LogP contribution is 2.26. The van der Waals surface area contributed by atoms with E-state index >= 15 is 0 Å². The largest absolute Gasteiger partial charge is 0.325 e. The standard InChI is InChI=1S/C12H17BrN4/c1-7-5-9(13)6-8(2)11(7)16-12(17-14)15-10-3-4-10/h5-6,10H,3-4,14H2,1-2H3,(H2,15,16,17). The van der Waals surface area contributed by atoms with Crippen LogP contribution in [0.2, 0.25) is 0 Å². The molecule has 0 aliphatic heterocycles. The van der Waals surface area contributed by atoms with Gasteiger partial charge in [-0.3, -0.25) is 5.43 Å². The Hall–Kier alpha value is -1.07. The van der Waals surface area contributed by atoms with E-state index in [4.69, 9.17) is 5.84 Å². The van der Waals surface area contributed by atoms with Gasteiger partial charge in [-0.1, -0.05) is 15.9 Å². The maximum absolute atomic E-state index is 5.47. The molecule has 5 heteroatoms. The van der Waals surface area contributed by atoms with Crippen LogP contribution in [0.1, 0.15) is 24.0 Å². The Bertz CT molecular complexity index is 429. The summed E-state index contributed by atoms with van der Waals surface area (Å²) >= 11 is 3.48. The third-order valence-corrected chi connectivity index (χ3v) is 3.19. The molecule has 0 spiro atoms. The predicted octanol–water partition coefficient (Wildman–Crippen LogP) is 2.46. The van der Waals surface area contributed by atoms with Gasteiger partial charge in [0.25, 0.3) is 0 Å². The van der Waals surface area contributed by atoms with E-state index in [1.807, 2.05) is 0 Å². The van der Waals surface area contributed by atoms with Crippen LogP contribution in [0.25, 0.3) is 0 Å². The molecular weight excluding hydrogens is 280 g/mol. The zero-order chi connectivity index (χ0) is 12.4. The van der Waals surface area contributed by atoms with Crippen LogP contribution in [0.5, 0.6) is 0 Å². The third kappa shape index (κ3) is 3.20. The minimum atomic E-state index is 0.435. The second-order valence-corrected chi connectivity index (χ2v) is 5.31. The molecule has 92 valence electrons. The zero-order valence-electron chi connectivity index (χ0n) is 10.0. The van der Waals surface area contributed by atoms with Crippen LogP contribution < -0.4 is 16.6 Å². The molecule has 0 heterocycles. The van der Waals surface area contributed by atoms with E-state index < -0.39 is 0 Å². The highest BCUT2D eigenvalue weighted by molar-refractivity contribution is 9.10. The van der Waals surface area contributed by atoms with Crippen molar-refractivity contribution in [2.45, 2.75) is 32.7 Å². The first kappa shape index (κ1) is 12.4. The van der Waals surface area contributed by atoms with Gasteiger partial charge in [0.1, 0.15) is 0 Å². The molecule has 17 heavy (non-hydrogen) atoms. The molecule has 1 aliphatic carbocycles. The molecule has 0 aromatic heterocycles. The van der Waals surface area contributed by atoms with Crippen molar-refractivity contribution in [1.29, 1.82) is 0 Å². The monoisotopic (exact) mass is 296 g/mol. The topological polar surface area (TPSA) is 62.4 Å². The van der Waals surface area contributed by atoms with Crippen molar-refractivity contribution in [3.8, 4) is 0 Å². The molecule has 1 aliphatic rings. The Kier molecular flexibility index (Phi) is 3.69. The Labute approximate surface area is 110 Å². The van der Waals surface area contributed by atoms with Gasteiger partial charge in [-0.2, -0.15) is 0 Å². The fourth-order valence-electron chi connectivity index (χ4n) is 1.72. The van der Waals surface area contributed by atoms with Crippen LogP contribution in [0.15, 0.2) is 21.6 Å². The van der Waals surface area contributed by atoms with Crippen molar-refractivity contribution >= 4 is 27.6 Å². The number of aryl methyl sites for hydroxylation is 2. The molecule has 0 atom stereocenters. The second-order valence-electron chi connectivity index (χ2n) is 4.39. The number of hydrogen-bond acceptors (Lipinski definition) is 2. The van der Waals surface area contributed by atoms with E-state index in [-0.39, 0.29) is 0 Å². The van der Waals surface area contributed by atoms with E-state index in [1.165, 1.54) is 0 Å². The average molecular weight is 297 g/mol. The van der Waals surface area contributed by atoms with Crippen LogP contribution in [-0.2, 0) is 0 Å². The van der Waals surface area contributed by atoms with E-state index in [9.17, 15) is 0 Å². The molecule has 1 fully saturated rings. The Balaban J connectivity index is 2.22. The molecule has 0 unspecified atom stereocenters. The lowest BCUT2D eigenvalue weighted by Gasteiger charge is -2.14. The fourth-order valence-corrected chi connectivity index (χ4v) is 2.40. The molecule has 0 radical (unpaired) electrons.